The topological polar surface area (TPSA) is 101 Å². The van der Waals surface area contributed by atoms with Gasteiger partial charge in [-0.05, 0) is 64.8 Å². The van der Waals surface area contributed by atoms with E-state index in [1.807, 2.05) is 64.1 Å². The van der Waals surface area contributed by atoms with Crippen LogP contribution in [0.2, 0.25) is 0 Å². The molecule has 1 saturated carbocycles. The predicted molar refractivity (Wildman–Crippen MR) is 151 cm³/mol. The van der Waals surface area contributed by atoms with Gasteiger partial charge in [-0.2, -0.15) is 4.72 Å². The first-order chi connectivity index (χ1) is 17.4. The fourth-order valence-electron chi connectivity index (χ4n) is 5.05. The standard InChI is InChI=1S/C30H45N3O3S/c1-19(2)24-16-26(20(3)4)29(27(17-24)21(5)6)37(35,36)33-28(30(34)32-25-9-7-8-10-25)15-22-11-13-23(18-31)14-12-22/h11-14,16-17,19-21,25,28,33H,7-10,15,18,31H2,1-6H3,(H,32,34)/t28-/m0/s1. The minimum atomic E-state index is -4.00. The van der Waals surface area contributed by atoms with Crippen molar-refractivity contribution in [3.63, 3.8) is 0 Å². The summed E-state index contributed by atoms with van der Waals surface area (Å²) in [6, 6.07) is 10.9. The number of hydrogen-bond donors (Lipinski definition) is 3. The van der Waals surface area contributed by atoms with Crippen LogP contribution in [0.15, 0.2) is 41.3 Å². The molecule has 0 radical (unpaired) electrons. The van der Waals surface area contributed by atoms with Crippen LogP contribution in [0.1, 0.15) is 113 Å². The number of hydrogen-bond acceptors (Lipinski definition) is 4. The zero-order valence-corrected chi connectivity index (χ0v) is 24.1. The molecule has 0 aliphatic heterocycles. The minimum absolute atomic E-state index is 0.0114. The van der Waals surface area contributed by atoms with Gasteiger partial charge in [-0.3, -0.25) is 4.79 Å². The maximum absolute atomic E-state index is 14.1. The van der Waals surface area contributed by atoms with E-state index < -0.39 is 16.1 Å². The number of nitrogens with two attached hydrogens (primary N) is 1. The van der Waals surface area contributed by atoms with E-state index in [9.17, 15) is 13.2 Å². The summed E-state index contributed by atoms with van der Waals surface area (Å²) >= 11 is 0. The number of rotatable bonds is 11. The lowest BCUT2D eigenvalue weighted by Crippen LogP contribution is -2.50. The van der Waals surface area contributed by atoms with Crippen molar-refractivity contribution in [3.8, 4) is 0 Å². The summed E-state index contributed by atoms with van der Waals surface area (Å²) in [6.45, 7) is 12.8. The summed E-state index contributed by atoms with van der Waals surface area (Å²) < 4.78 is 31.0. The van der Waals surface area contributed by atoms with Crippen LogP contribution in [0.25, 0.3) is 0 Å². The molecule has 204 valence electrons. The number of sulfonamides is 1. The molecule has 7 heteroatoms. The first-order valence-electron chi connectivity index (χ1n) is 13.7. The molecule has 2 aromatic carbocycles. The smallest absolute Gasteiger partial charge is 0.241 e. The summed E-state index contributed by atoms with van der Waals surface area (Å²) in [5.41, 5.74) is 10.3. The van der Waals surface area contributed by atoms with Gasteiger partial charge in [-0.1, -0.05) is 90.8 Å². The molecule has 0 heterocycles. The Morgan fingerprint density at radius 2 is 1.41 bits per heavy atom. The monoisotopic (exact) mass is 527 g/mol. The van der Waals surface area contributed by atoms with E-state index in [4.69, 9.17) is 5.73 Å². The van der Waals surface area contributed by atoms with Crippen molar-refractivity contribution < 1.29 is 13.2 Å². The van der Waals surface area contributed by atoms with Gasteiger partial charge in [0.25, 0.3) is 0 Å². The van der Waals surface area contributed by atoms with Gasteiger partial charge in [0.1, 0.15) is 6.04 Å². The van der Waals surface area contributed by atoms with E-state index in [2.05, 4.69) is 23.9 Å². The summed E-state index contributed by atoms with van der Waals surface area (Å²) in [5.74, 6) is 0.0326. The first-order valence-corrected chi connectivity index (χ1v) is 15.2. The van der Waals surface area contributed by atoms with Crippen molar-refractivity contribution in [1.82, 2.24) is 10.0 Å². The number of carbonyl (C=O) groups is 1. The third-order valence-corrected chi connectivity index (χ3v) is 8.97. The lowest BCUT2D eigenvalue weighted by molar-refractivity contribution is -0.123. The molecule has 6 nitrogen and oxygen atoms in total. The maximum Gasteiger partial charge on any atom is 0.241 e. The van der Waals surface area contributed by atoms with Gasteiger partial charge in [-0.15, -0.1) is 0 Å². The summed E-state index contributed by atoms with van der Waals surface area (Å²) in [5, 5.41) is 3.11. The number of carbonyl (C=O) groups excluding carboxylic acids is 1. The fraction of sp³-hybridized carbons (Fsp3) is 0.567. The van der Waals surface area contributed by atoms with Crippen LogP contribution in [0, 0.1) is 0 Å². The van der Waals surface area contributed by atoms with Crippen molar-refractivity contribution in [2.75, 3.05) is 0 Å². The maximum atomic E-state index is 14.1. The van der Waals surface area contributed by atoms with Crippen LogP contribution in [-0.2, 0) is 27.8 Å². The average Bonchev–Trinajstić information content (AvgIpc) is 3.36. The third kappa shape index (κ3) is 7.43. The molecule has 4 N–H and O–H groups in total. The highest BCUT2D eigenvalue weighted by Crippen LogP contribution is 2.35. The number of nitrogens with one attached hydrogen (secondary N) is 2. The lowest BCUT2D eigenvalue weighted by atomic mass is 9.89. The van der Waals surface area contributed by atoms with Gasteiger partial charge in [0.2, 0.25) is 15.9 Å². The SMILES string of the molecule is CC(C)c1cc(C(C)C)c(S(=O)(=O)N[C@@H](Cc2ccc(CN)cc2)C(=O)NC2CCCC2)c(C(C)C)c1. The van der Waals surface area contributed by atoms with Crippen LogP contribution in [0.3, 0.4) is 0 Å². The Hall–Kier alpha value is -2.22. The van der Waals surface area contributed by atoms with Gasteiger partial charge in [-0.25, -0.2) is 8.42 Å². The quantitative estimate of drug-likeness (QED) is 0.361. The van der Waals surface area contributed by atoms with Gasteiger partial charge in [0.15, 0.2) is 0 Å². The summed E-state index contributed by atoms with van der Waals surface area (Å²) in [4.78, 5) is 13.8. The highest BCUT2D eigenvalue weighted by Gasteiger charge is 2.32. The second kappa shape index (κ2) is 12.5. The van der Waals surface area contributed by atoms with Gasteiger partial charge >= 0.3 is 0 Å². The second-order valence-corrected chi connectivity index (χ2v) is 13.0. The predicted octanol–water partition coefficient (Wildman–Crippen LogP) is 5.46. The Bertz CT molecular complexity index is 1140. The first kappa shape index (κ1) is 29.3. The second-order valence-electron chi connectivity index (χ2n) is 11.4. The highest BCUT2D eigenvalue weighted by molar-refractivity contribution is 7.89. The van der Waals surface area contributed by atoms with E-state index >= 15 is 0 Å². The summed E-state index contributed by atoms with van der Waals surface area (Å²) in [7, 11) is -4.00. The number of amides is 1. The molecule has 0 spiro atoms. The molecular weight excluding hydrogens is 482 g/mol. The van der Waals surface area contributed by atoms with Crippen LogP contribution < -0.4 is 15.8 Å². The molecule has 1 amide bonds. The molecule has 2 aromatic rings. The molecule has 1 aliphatic carbocycles. The van der Waals surface area contributed by atoms with E-state index in [0.717, 1.165) is 53.5 Å². The van der Waals surface area contributed by atoms with Crippen LogP contribution >= 0.6 is 0 Å². The van der Waals surface area contributed by atoms with E-state index in [1.54, 1.807) is 0 Å². The average molecular weight is 528 g/mol. The Balaban J connectivity index is 2.03. The van der Waals surface area contributed by atoms with Gasteiger partial charge in [0.05, 0.1) is 4.90 Å². The Labute approximate surface area is 223 Å². The molecule has 0 aromatic heterocycles. The number of benzene rings is 2. The molecule has 0 saturated heterocycles. The zero-order valence-electron chi connectivity index (χ0n) is 23.3. The van der Waals surface area contributed by atoms with Crippen molar-refractivity contribution in [1.29, 1.82) is 0 Å². The molecule has 0 unspecified atom stereocenters. The van der Waals surface area contributed by atoms with Crippen LogP contribution in [0.5, 0.6) is 0 Å². The van der Waals surface area contributed by atoms with Crippen molar-refractivity contribution >= 4 is 15.9 Å². The molecule has 1 fully saturated rings. The fourth-order valence-corrected chi connectivity index (χ4v) is 6.95. The Kier molecular flexibility index (Phi) is 9.95. The van der Waals surface area contributed by atoms with E-state index in [1.165, 1.54) is 0 Å². The molecular formula is C30H45N3O3S. The minimum Gasteiger partial charge on any atom is -0.352 e. The van der Waals surface area contributed by atoms with Crippen LogP contribution in [0.4, 0.5) is 0 Å². The third-order valence-electron chi connectivity index (χ3n) is 7.36. The zero-order chi connectivity index (χ0) is 27.3. The van der Waals surface area contributed by atoms with Crippen molar-refractivity contribution in [2.24, 2.45) is 5.73 Å². The normalized spacial score (nSPS) is 15.6. The largest absolute Gasteiger partial charge is 0.352 e. The van der Waals surface area contributed by atoms with E-state index in [-0.39, 0.29) is 36.1 Å². The van der Waals surface area contributed by atoms with Gasteiger partial charge < -0.3 is 11.1 Å². The van der Waals surface area contributed by atoms with Crippen molar-refractivity contribution in [3.05, 3.63) is 64.2 Å². The molecule has 1 aliphatic rings. The van der Waals surface area contributed by atoms with Crippen molar-refractivity contribution in [2.45, 2.75) is 115 Å². The molecule has 3 rings (SSSR count). The lowest BCUT2D eigenvalue weighted by Gasteiger charge is -2.26. The van der Waals surface area contributed by atoms with Crippen LogP contribution in [-0.4, -0.2) is 26.4 Å². The summed E-state index contributed by atoms with van der Waals surface area (Å²) in [6.07, 6.45) is 4.30. The highest BCUT2D eigenvalue weighted by atomic mass is 32.2. The molecule has 0 bridgehead atoms. The Morgan fingerprint density at radius 3 is 1.86 bits per heavy atom. The van der Waals surface area contributed by atoms with Gasteiger partial charge in [0, 0.05) is 12.6 Å². The molecule has 37 heavy (non-hydrogen) atoms. The van der Waals surface area contributed by atoms with E-state index in [0.29, 0.717) is 11.4 Å². The Morgan fingerprint density at radius 1 is 0.892 bits per heavy atom. The molecule has 1 atom stereocenters.